The second-order valence-corrected chi connectivity index (χ2v) is 7.90. The molecule has 1 fully saturated rings. The lowest BCUT2D eigenvalue weighted by Gasteiger charge is -2.22. The predicted molar refractivity (Wildman–Crippen MR) is 110 cm³/mol. The highest BCUT2D eigenvalue weighted by molar-refractivity contribution is 8.13. The number of hydrogen-bond donors (Lipinski definition) is 3. The van der Waals surface area contributed by atoms with Crippen molar-refractivity contribution in [2.45, 2.75) is 44.2 Å². The third kappa shape index (κ3) is 6.37. The van der Waals surface area contributed by atoms with Crippen molar-refractivity contribution in [1.29, 1.82) is 0 Å². The van der Waals surface area contributed by atoms with Crippen LogP contribution in [0.15, 0.2) is 47.5 Å². The van der Waals surface area contributed by atoms with E-state index in [-0.39, 0.29) is 11.9 Å². The minimum Gasteiger partial charge on any atom is -0.389 e. The molecule has 7 heteroatoms. The topological polar surface area (TPSA) is 77.0 Å². The number of aliphatic imine (C=N–C) groups is 1. The number of carbonyl (C=O) groups is 1. The number of likely N-dealkylation sites (tertiary alicyclic amines) is 1. The number of nitrogens with one attached hydrogen (secondary N) is 2. The Bertz CT molecular complexity index is 665. The van der Waals surface area contributed by atoms with E-state index in [4.69, 9.17) is 0 Å². The van der Waals surface area contributed by atoms with E-state index >= 15 is 0 Å². The lowest BCUT2D eigenvalue weighted by molar-refractivity contribution is -0.128. The number of benzene rings is 1. The van der Waals surface area contributed by atoms with E-state index in [9.17, 15) is 9.90 Å². The second-order valence-electron chi connectivity index (χ2n) is 6.81. The van der Waals surface area contributed by atoms with Gasteiger partial charge in [0.2, 0.25) is 5.91 Å². The Morgan fingerprint density at radius 3 is 2.96 bits per heavy atom. The molecule has 3 N–H and O–H groups in total. The van der Waals surface area contributed by atoms with E-state index in [1.165, 1.54) is 0 Å². The first kappa shape index (κ1) is 19.9. The Balaban J connectivity index is 1.40. The van der Waals surface area contributed by atoms with Gasteiger partial charge in [0.05, 0.1) is 12.1 Å². The molecule has 1 aromatic carbocycles. The monoisotopic (exact) mass is 388 g/mol. The Morgan fingerprint density at radius 1 is 1.33 bits per heavy atom. The van der Waals surface area contributed by atoms with Crippen LogP contribution < -0.4 is 10.9 Å². The van der Waals surface area contributed by atoms with Gasteiger partial charge in [-0.1, -0.05) is 54.2 Å². The molecule has 6 nitrogen and oxygen atoms in total. The number of aliphatic hydroxyl groups is 1. The van der Waals surface area contributed by atoms with Crippen LogP contribution in [0.2, 0.25) is 0 Å². The van der Waals surface area contributed by atoms with Crippen LogP contribution in [0.5, 0.6) is 0 Å². The Morgan fingerprint density at radius 2 is 2.19 bits per heavy atom. The fourth-order valence-electron chi connectivity index (χ4n) is 3.33. The van der Waals surface area contributed by atoms with Crippen molar-refractivity contribution in [1.82, 2.24) is 15.8 Å². The summed E-state index contributed by atoms with van der Waals surface area (Å²) in [6, 6.07) is 10.1. The molecule has 0 spiro atoms. The molecule has 1 aromatic rings. The number of amides is 1. The van der Waals surface area contributed by atoms with Crippen molar-refractivity contribution in [3.8, 4) is 0 Å². The zero-order valence-corrected chi connectivity index (χ0v) is 16.3. The highest BCUT2D eigenvalue weighted by Gasteiger charge is 2.28. The van der Waals surface area contributed by atoms with Crippen LogP contribution in [0.1, 0.15) is 31.2 Å². The summed E-state index contributed by atoms with van der Waals surface area (Å²) >= 11 is 1.71. The first-order valence-electron chi connectivity index (χ1n) is 9.58. The van der Waals surface area contributed by atoms with Gasteiger partial charge in [-0.05, 0) is 24.8 Å². The molecule has 2 aliphatic heterocycles. The highest BCUT2D eigenvalue weighted by atomic mass is 32.2. The minimum atomic E-state index is -0.519. The van der Waals surface area contributed by atoms with Gasteiger partial charge in [0, 0.05) is 25.1 Å². The van der Waals surface area contributed by atoms with Gasteiger partial charge in [0.1, 0.15) is 6.67 Å². The first-order valence-corrected chi connectivity index (χ1v) is 10.6. The highest BCUT2D eigenvalue weighted by Crippen LogP contribution is 2.21. The summed E-state index contributed by atoms with van der Waals surface area (Å²) < 4.78 is 0. The molecule has 2 atom stereocenters. The lowest BCUT2D eigenvalue weighted by Crippen LogP contribution is -2.33. The van der Waals surface area contributed by atoms with E-state index < -0.39 is 6.10 Å². The molecule has 0 bridgehead atoms. The van der Waals surface area contributed by atoms with Gasteiger partial charge >= 0.3 is 0 Å². The molecule has 27 heavy (non-hydrogen) atoms. The third-order valence-electron chi connectivity index (χ3n) is 4.75. The maximum atomic E-state index is 12.2. The Hall–Kier alpha value is -1.83. The molecule has 1 unspecified atom stereocenters. The molecule has 146 valence electrons. The molecule has 2 heterocycles. The number of hydrogen-bond acceptors (Lipinski definition) is 6. The van der Waals surface area contributed by atoms with Crippen LogP contribution in [-0.4, -0.2) is 52.2 Å². The van der Waals surface area contributed by atoms with Crippen molar-refractivity contribution < 1.29 is 9.90 Å². The average molecular weight is 389 g/mol. The fourth-order valence-corrected chi connectivity index (χ4v) is 4.17. The summed E-state index contributed by atoms with van der Waals surface area (Å²) in [5, 5.41) is 11.2. The van der Waals surface area contributed by atoms with Gasteiger partial charge in [0.15, 0.2) is 5.17 Å². The minimum absolute atomic E-state index is 0.112. The normalized spacial score (nSPS) is 20.9. The number of amidine groups is 1. The van der Waals surface area contributed by atoms with Crippen LogP contribution in [0.25, 0.3) is 0 Å². The maximum Gasteiger partial charge on any atom is 0.223 e. The van der Waals surface area contributed by atoms with Crippen LogP contribution in [-0.2, 0) is 11.2 Å². The SMILES string of the molecule is O=C1CC[C@H](/C=C/C(O)Cc2ccccc2)N1CCCCSC1=NCNN1. The molecule has 0 aromatic heterocycles. The summed E-state index contributed by atoms with van der Waals surface area (Å²) in [4.78, 5) is 18.4. The third-order valence-corrected chi connectivity index (χ3v) is 5.74. The van der Waals surface area contributed by atoms with Crippen LogP contribution in [0, 0.1) is 0 Å². The van der Waals surface area contributed by atoms with Crippen molar-refractivity contribution in [3.63, 3.8) is 0 Å². The largest absolute Gasteiger partial charge is 0.389 e. The van der Waals surface area contributed by atoms with Crippen LogP contribution in [0.4, 0.5) is 0 Å². The van der Waals surface area contributed by atoms with Gasteiger partial charge in [0.25, 0.3) is 0 Å². The van der Waals surface area contributed by atoms with Crippen molar-refractivity contribution in [2.24, 2.45) is 4.99 Å². The Labute approximate surface area is 165 Å². The maximum absolute atomic E-state index is 12.2. The lowest BCUT2D eigenvalue weighted by atomic mass is 10.1. The number of nitrogens with zero attached hydrogens (tertiary/aromatic N) is 2. The summed E-state index contributed by atoms with van der Waals surface area (Å²) in [5.41, 5.74) is 7.08. The second kappa shape index (κ2) is 10.5. The molecule has 2 aliphatic rings. The Kier molecular flexibility index (Phi) is 7.74. The van der Waals surface area contributed by atoms with Gasteiger partial charge in [-0.15, -0.1) is 0 Å². The zero-order valence-electron chi connectivity index (χ0n) is 15.5. The molecule has 0 aliphatic carbocycles. The molecular formula is C20H28N4O2S. The molecule has 0 radical (unpaired) electrons. The summed E-state index contributed by atoms with van der Waals surface area (Å²) in [6.45, 7) is 1.41. The number of unbranched alkanes of at least 4 members (excludes halogenated alkanes) is 1. The zero-order chi connectivity index (χ0) is 18.9. The predicted octanol–water partition coefficient (Wildman–Crippen LogP) is 2.07. The average Bonchev–Trinajstić information content (AvgIpc) is 3.31. The van der Waals surface area contributed by atoms with Gasteiger partial charge in [-0.2, -0.15) is 0 Å². The van der Waals surface area contributed by atoms with Gasteiger partial charge in [-0.25, -0.2) is 10.4 Å². The van der Waals surface area contributed by atoms with E-state index in [0.717, 1.165) is 42.3 Å². The van der Waals surface area contributed by atoms with Crippen molar-refractivity contribution in [3.05, 3.63) is 48.0 Å². The molecule has 1 amide bonds. The number of rotatable bonds is 9. The number of aliphatic hydroxyl groups excluding tert-OH is 1. The molecular weight excluding hydrogens is 360 g/mol. The number of hydrazine groups is 1. The standard InChI is InChI=1S/C20H28N4O2S/c25-18(14-16-6-2-1-3-7-16)10-8-17-9-11-19(26)24(17)12-4-5-13-27-20-21-15-22-23-20/h1-3,6-8,10,17-18,22,25H,4-5,9,11-15H2,(H,21,23)/b10-8+/t17-,18?/m0/s1. The number of thioether (sulfide) groups is 1. The quantitative estimate of drug-likeness (QED) is 0.446. The summed E-state index contributed by atoms with van der Waals surface area (Å²) in [5.74, 6) is 1.21. The summed E-state index contributed by atoms with van der Waals surface area (Å²) in [7, 11) is 0. The molecule has 1 saturated heterocycles. The molecule has 0 saturated carbocycles. The molecule has 3 rings (SSSR count). The van der Waals surface area contributed by atoms with Crippen molar-refractivity contribution >= 4 is 22.8 Å². The first-order chi connectivity index (χ1) is 13.2. The fraction of sp³-hybridized carbons (Fsp3) is 0.500. The van der Waals surface area contributed by atoms with E-state index in [1.807, 2.05) is 47.4 Å². The smallest absolute Gasteiger partial charge is 0.223 e. The van der Waals surface area contributed by atoms with E-state index in [1.54, 1.807) is 11.8 Å². The summed E-state index contributed by atoms with van der Waals surface area (Å²) in [6.07, 6.45) is 7.40. The van der Waals surface area contributed by atoms with Crippen LogP contribution in [0.3, 0.4) is 0 Å². The van der Waals surface area contributed by atoms with Gasteiger partial charge < -0.3 is 10.0 Å². The van der Waals surface area contributed by atoms with Crippen LogP contribution >= 0.6 is 11.8 Å². The van der Waals surface area contributed by atoms with Crippen molar-refractivity contribution in [2.75, 3.05) is 19.0 Å². The van der Waals surface area contributed by atoms with Gasteiger partial charge in [-0.3, -0.25) is 10.2 Å². The van der Waals surface area contributed by atoms with E-state index in [2.05, 4.69) is 15.8 Å². The number of carbonyl (C=O) groups excluding carboxylic acids is 1. The van der Waals surface area contributed by atoms with E-state index in [0.29, 0.717) is 19.5 Å².